The Morgan fingerprint density at radius 2 is 2.17 bits per heavy atom. The third kappa shape index (κ3) is 5.06. The molecule has 1 aromatic heterocycles. The summed E-state index contributed by atoms with van der Waals surface area (Å²) in [7, 11) is 0. The van der Waals surface area contributed by atoms with Gasteiger partial charge in [-0.25, -0.2) is 0 Å². The van der Waals surface area contributed by atoms with Gasteiger partial charge in [0.1, 0.15) is 0 Å². The van der Waals surface area contributed by atoms with E-state index in [1.807, 2.05) is 25.1 Å². The van der Waals surface area contributed by atoms with Crippen molar-refractivity contribution >= 4 is 45.5 Å². The van der Waals surface area contributed by atoms with E-state index in [0.29, 0.717) is 0 Å². The van der Waals surface area contributed by atoms with Gasteiger partial charge in [0, 0.05) is 36.1 Å². The number of nitrogens with zero attached hydrogens (tertiary/aromatic N) is 3. The molecule has 124 valence electrons. The summed E-state index contributed by atoms with van der Waals surface area (Å²) in [6.45, 7) is 6.78. The van der Waals surface area contributed by atoms with Crippen LogP contribution in [0.5, 0.6) is 0 Å². The summed E-state index contributed by atoms with van der Waals surface area (Å²) in [5.41, 5.74) is 2.00. The average Bonchev–Trinajstić information content (AvgIpc) is 2.99. The van der Waals surface area contributed by atoms with Crippen molar-refractivity contribution in [3.63, 3.8) is 0 Å². The first-order chi connectivity index (χ1) is 11.2. The first-order valence-electron chi connectivity index (χ1n) is 7.50. The van der Waals surface area contributed by atoms with Crippen LogP contribution in [0.4, 0.5) is 10.8 Å². The SMILES string of the molecule is Cc1ccc(Nc2nnc(SCCN3CCOCC3)s2)cc1Cl. The molecule has 0 saturated carbocycles. The molecule has 1 fully saturated rings. The molecular weight excluding hydrogens is 352 g/mol. The Balaban J connectivity index is 1.48. The van der Waals surface area contributed by atoms with Gasteiger partial charge < -0.3 is 10.1 Å². The number of thioether (sulfide) groups is 1. The molecule has 1 aliphatic rings. The minimum absolute atomic E-state index is 0.750. The monoisotopic (exact) mass is 370 g/mol. The number of nitrogens with one attached hydrogen (secondary N) is 1. The van der Waals surface area contributed by atoms with E-state index in [0.717, 1.165) is 64.3 Å². The van der Waals surface area contributed by atoms with Gasteiger partial charge in [-0.2, -0.15) is 0 Å². The molecular formula is C15H19ClN4OS2. The van der Waals surface area contributed by atoms with E-state index in [1.54, 1.807) is 23.1 Å². The summed E-state index contributed by atoms with van der Waals surface area (Å²) < 4.78 is 6.34. The molecule has 0 amide bonds. The molecule has 0 bridgehead atoms. The second-order valence-electron chi connectivity index (χ2n) is 5.26. The van der Waals surface area contributed by atoms with Gasteiger partial charge >= 0.3 is 0 Å². The lowest BCUT2D eigenvalue weighted by Gasteiger charge is -2.25. The number of hydrogen-bond donors (Lipinski definition) is 1. The fourth-order valence-corrected chi connectivity index (χ4v) is 4.22. The van der Waals surface area contributed by atoms with Crippen molar-refractivity contribution in [3.05, 3.63) is 28.8 Å². The van der Waals surface area contributed by atoms with Crippen molar-refractivity contribution in [1.82, 2.24) is 15.1 Å². The van der Waals surface area contributed by atoms with Crippen LogP contribution < -0.4 is 5.32 Å². The number of aromatic nitrogens is 2. The van der Waals surface area contributed by atoms with Crippen LogP contribution in [0.25, 0.3) is 0 Å². The van der Waals surface area contributed by atoms with Crippen LogP contribution in [0.2, 0.25) is 5.02 Å². The number of aryl methyl sites for hydroxylation is 1. The lowest BCUT2D eigenvalue weighted by Crippen LogP contribution is -2.37. The Morgan fingerprint density at radius 3 is 2.96 bits per heavy atom. The third-order valence-corrected chi connectivity index (χ3v) is 5.93. The lowest BCUT2D eigenvalue weighted by molar-refractivity contribution is 0.0410. The molecule has 2 heterocycles. The van der Waals surface area contributed by atoms with Crippen molar-refractivity contribution < 1.29 is 4.74 Å². The Labute approximate surface area is 149 Å². The molecule has 1 aromatic carbocycles. The molecule has 5 nitrogen and oxygen atoms in total. The Kier molecular flexibility index (Phi) is 6.13. The van der Waals surface area contributed by atoms with Crippen LogP contribution in [0.1, 0.15) is 5.56 Å². The van der Waals surface area contributed by atoms with Crippen molar-refractivity contribution in [2.45, 2.75) is 11.3 Å². The van der Waals surface area contributed by atoms with E-state index in [2.05, 4.69) is 20.4 Å². The number of halogens is 1. The number of rotatable bonds is 6. The molecule has 1 aliphatic heterocycles. The fraction of sp³-hybridized carbons (Fsp3) is 0.467. The lowest BCUT2D eigenvalue weighted by atomic mass is 10.2. The summed E-state index contributed by atoms with van der Waals surface area (Å²) in [6.07, 6.45) is 0. The van der Waals surface area contributed by atoms with Crippen LogP contribution in [0, 0.1) is 6.92 Å². The quantitative estimate of drug-likeness (QED) is 0.783. The number of hydrogen-bond acceptors (Lipinski definition) is 7. The maximum Gasteiger partial charge on any atom is 0.210 e. The summed E-state index contributed by atoms with van der Waals surface area (Å²) in [5, 5.41) is 13.2. The standard InChI is InChI=1S/C15H19ClN4OS2/c1-11-2-3-12(10-13(11)16)17-14-18-19-15(23-14)22-9-6-20-4-7-21-8-5-20/h2-3,10H,4-9H2,1H3,(H,17,18). The van der Waals surface area contributed by atoms with Crippen molar-refractivity contribution in [2.24, 2.45) is 0 Å². The van der Waals surface area contributed by atoms with Crippen molar-refractivity contribution in [3.8, 4) is 0 Å². The minimum atomic E-state index is 0.750. The number of ether oxygens (including phenoxy) is 1. The molecule has 3 rings (SSSR count). The van der Waals surface area contributed by atoms with Crippen LogP contribution in [0.3, 0.4) is 0 Å². The summed E-state index contributed by atoms with van der Waals surface area (Å²) in [5.74, 6) is 1.02. The Bertz CT molecular complexity index is 646. The predicted molar refractivity (Wildman–Crippen MR) is 97.4 cm³/mol. The zero-order valence-corrected chi connectivity index (χ0v) is 15.3. The molecule has 0 atom stereocenters. The van der Waals surface area contributed by atoms with Crippen LogP contribution in [-0.4, -0.2) is 53.7 Å². The van der Waals surface area contributed by atoms with Crippen molar-refractivity contribution in [2.75, 3.05) is 43.9 Å². The van der Waals surface area contributed by atoms with Gasteiger partial charge in [0.15, 0.2) is 4.34 Å². The molecule has 1 saturated heterocycles. The summed E-state index contributed by atoms with van der Waals surface area (Å²) in [6, 6.07) is 5.89. The predicted octanol–water partition coefficient (Wildman–Crippen LogP) is 3.67. The maximum atomic E-state index is 6.14. The second kappa shape index (κ2) is 8.30. The highest BCUT2D eigenvalue weighted by Crippen LogP contribution is 2.29. The van der Waals surface area contributed by atoms with Crippen molar-refractivity contribution in [1.29, 1.82) is 0 Å². The summed E-state index contributed by atoms with van der Waals surface area (Å²) >= 11 is 9.45. The minimum Gasteiger partial charge on any atom is -0.379 e. The molecule has 1 N–H and O–H groups in total. The van der Waals surface area contributed by atoms with E-state index in [1.165, 1.54) is 0 Å². The first kappa shape index (κ1) is 17.0. The smallest absolute Gasteiger partial charge is 0.210 e. The molecule has 0 unspecified atom stereocenters. The molecule has 23 heavy (non-hydrogen) atoms. The highest BCUT2D eigenvalue weighted by atomic mass is 35.5. The van der Waals surface area contributed by atoms with Crippen LogP contribution in [0.15, 0.2) is 22.5 Å². The van der Waals surface area contributed by atoms with Crippen LogP contribution >= 0.6 is 34.7 Å². The second-order valence-corrected chi connectivity index (χ2v) is 7.99. The molecule has 2 aromatic rings. The topological polar surface area (TPSA) is 50.3 Å². The molecule has 8 heteroatoms. The fourth-order valence-electron chi connectivity index (χ4n) is 2.20. The zero-order valence-electron chi connectivity index (χ0n) is 12.9. The van der Waals surface area contributed by atoms with E-state index < -0.39 is 0 Å². The number of morpholine rings is 1. The van der Waals surface area contributed by atoms with Gasteiger partial charge in [-0.1, -0.05) is 40.8 Å². The normalized spacial score (nSPS) is 15.7. The Hall–Kier alpha value is -0.860. The van der Waals surface area contributed by atoms with Gasteiger partial charge in [0.05, 0.1) is 13.2 Å². The highest BCUT2D eigenvalue weighted by Gasteiger charge is 2.11. The largest absolute Gasteiger partial charge is 0.379 e. The van der Waals surface area contributed by atoms with Gasteiger partial charge in [-0.3, -0.25) is 4.90 Å². The van der Waals surface area contributed by atoms with Gasteiger partial charge in [-0.15, -0.1) is 10.2 Å². The molecule has 0 radical (unpaired) electrons. The molecule has 0 spiro atoms. The van der Waals surface area contributed by atoms with E-state index >= 15 is 0 Å². The highest BCUT2D eigenvalue weighted by molar-refractivity contribution is 8.01. The van der Waals surface area contributed by atoms with E-state index in [-0.39, 0.29) is 0 Å². The number of benzene rings is 1. The Morgan fingerprint density at radius 1 is 1.35 bits per heavy atom. The maximum absolute atomic E-state index is 6.14. The van der Waals surface area contributed by atoms with Gasteiger partial charge in [-0.05, 0) is 24.6 Å². The zero-order chi connectivity index (χ0) is 16.1. The third-order valence-electron chi connectivity index (χ3n) is 3.57. The molecule has 0 aliphatic carbocycles. The van der Waals surface area contributed by atoms with Gasteiger partial charge in [0.25, 0.3) is 0 Å². The average molecular weight is 371 g/mol. The first-order valence-corrected chi connectivity index (χ1v) is 9.68. The van der Waals surface area contributed by atoms with Gasteiger partial charge in [0.2, 0.25) is 5.13 Å². The van der Waals surface area contributed by atoms with Crippen LogP contribution in [-0.2, 0) is 4.74 Å². The number of anilines is 2. The summed E-state index contributed by atoms with van der Waals surface area (Å²) in [4.78, 5) is 2.42. The van der Waals surface area contributed by atoms with E-state index in [4.69, 9.17) is 16.3 Å². The van der Waals surface area contributed by atoms with E-state index in [9.17, 15) is 0 Å².